The molecule has 0 bridgehead atoms. The Bertz CT molecular complexity index is 393. The van der Waals surface area contributed by atoms with Crippen molar-refractivity contribution in [3.63, 3.8) is 0 Å². The van der Waals surface area contributed by atoms with Gasteiger partial charge in [0, 0.05) is 0 Å². The van der Waals surface area contributed by atoms with E-state index in [2.05, 4.69) is 11.3 Å². The first-order valence-corrected chi connectivity index (χ1v) is 4.83. The van der Waals surface area contributed by atoms with E-state index < -0.39 is 12.1 Å². The van der Waals surface area contributed by atoms with Crippen LogP contribution in [0.2, 0.25) is 0 Å². The third-order valence-corrected chi connectivity index (χ3v) is 2.08. The van der Waals surface area contributed by atoms with E-state index in [4.69, 9.17) is 0 Å². The van der Waals surface area contributed by atoms with Crippen molar-refractivity contribution in [2.75, 3.05) is 7.11 Å². The van der Waals surface area contributed by atoms with Crippen LogP contribution in [0.1, 0.15) is 5.56 Å². The number of hydrogen-bond donors (Lipinski definition) is 1. The lowest BCUT2D eigenvalue weighted by Crippen LogP contribution is -2.15. The molecular formula is C13H14O3. The zero-order valence-corrected chi connectivity index (χ0v) is 9.09. The van der Waals surface area contributed by atoms with Gasteiger partial charge in [-0.25, -0.2) is 4.79 Å². The number of ether oxygens (including phenoxy) is 1. The quantitative estimate of drug-likeness (QED) is 0.619. The molecule has 0 amide bonds. The smallest absolute Gasteiger partial charge is 0.336 e. The standard InChI is InChI=1S/C13H14O3/c1-10(13(15)16-2)12(14)9-8-11-6-4-3-5-7-11/h3-9,12,14H,1H2,2H3/b9-8+. The molecule has 0 fully saturated rings. The van der Waals surface area contributed by atoms with E-state index in [0.717, 1.165) is 5.56 Å². The summed E-state index contributed by atoms with van der Waals surface area (Å²) < 4.78 is 4.45. The Balaban J connectivity index is 2.64. The fourth-order valence-corrected chi connectivity index (χ4v) is 1.13. The van der Waals surface area contributed by atoms with Gasteiger partial charge in [-0.15, -0.1) is 0 Å². The van der Waals surface area contributed by atoms with Crippen LogP contribution in [-0.2, 0) is 9.53 Å². The second-order valence-corrected chi connectivity index (χ2v) is 3.23. The summed E-state index contributed by atoms with van der Waals surface area (Å²) in [7, 11) is 1.25. The van der Waals surface area contributed by atoms with Gasteiger partial charge in [-0.2, -0.15) is 0 Å². The van der Waals surface area contributed by atoms with Gasteiger partial charge in [0.05, 0.1) is 12.7 Å². The maximum absolute atomic E-state index is 11.0. The first kappa shape index (κ1) is 12.2. The predicted octanol–water partition coefficient (Wildman–Crippen LogP) is 1.79. The van der Waals surface area contributed by atoms with Gasteiger partial charge in [-0.05, 0) is 5.56 Å². The first-order chi connectivity index (χ1) is 7.65. The second kappa shape index (κ2) is 5.88. The Morgan fingerprint density at radius 3 is 2.62 bits per heavy atom. The molecule has 1 aromatic rings. The minimum atomic E-state index is -1.02. The Labute approximate surface area is 94.7 Å². The van der Waals surface area contributed by atoms with Crippen LogP contribution < -0.4 is 0 Å². The van der Waals surface area contributed by atoms with Gasteiger partial charge < -0.3 is 9.84 Å². The Morgan fingerprint density at radius 1 is 1.44 bits per heavy atom. The van der Waals surface area contributed by atoms with Crippen LogP contribution in [0.5, 0.6) is 0 Å². The normalized spacial score (nSPS) is 12.4. The summed E-state index contributed by atoms with van der Waals surface area (Å²) in [5.41, 5.74) is 0.967. The number of aliphatic hydroxyl groups excluding tert-OH is 1. The summed E-state index contributed by atoms with van der Waals surface area (Å²) in [4.78, 5) is 11.0. The van der Waals surface area contributed by atoms with Crippen LogP contribution >= 0.6 is 0 Å². The summed E-state index contributed by atoms with van der Waals surface area (Å²) in [5.74, 6) is -0.606. The number of carbonyl (C=O) groups is 1. The molecule has 1 atom stereocenters. The summed E-state index contributed by atoms with van der Waals surface area (Å²) >= 11 is 0. The molecule has 0 aliphatic heterocycles. The minimum absolute atomic E-state index is 0.0229. The number of esters is 1. The number of aliphatic hydroxyl groups is 1. The molecule has 0 spiro atoms. The Hall–Kier alpha value is -1.87. The van der Waals surface area contributed by atoms with Crippen molar-refractivity contribution in [2.45, 2.75) is 6.10 Å². The average Bonchev–Trinajstić information content (AvgIpc) is 2.35. The zero-order chi connectivity index (χ0) is 12.0. The van der Waals surface area contributed by atoms with E-state index in [1.54, 1.807) is 6.08 Å². The van der Waals surface area contributed by atoms with Crippen molar-refractivity contribution < 1.29 is 14.6 Å². The van der Waals surface area contributed by atoms with Gasteiger partial charge in [0.1, 0.15) is 6.10 Å². The minimum Gasteiger partial charge on any atom is -0.466 e. The molecule has 1 aromatic carbocycles. The van der Waals surface area contributed by atoms with Crippen LogP contribution in [0, 0.1) is 0 Å². The summed E-state index contributed by atoms with van der Waals surface area (Å²) in [6.07, 6.45) is 2.19. The van der Waals surface area contributed by atoms with Crippen LogP contribution in [0.25, 0.3) is 6.08 Å². The molecule has 1 N–H and O–H groups in total. The highest BCUT2D eigenvalue weighted by Crippen LogP contribution is 2.07. The van der Waals surface area contributed by atoms with Crippen molar-refractivity contribution in [1.82, 2.24) is 0 Å². The van der Waals surface area contributed by atoms with Crippen molar-refractivity contribution in [2.24, 2.45) is 0 Å². The SMILES string of the molecule is C=C(C(=O)OC)C(O)/C=C/c1ccccc1. The highest BCUT2D eigenvalue weighted by molar-refractivity contribution is 5.89. The lowest BCUT2D eigenvalue weighted by Gasteiger charge is -2.06. The van der Waals surface area contributed by atoms with Crippen LogP contribution in [-0.4, -0.2) is 24.3 Å². The molecule has 3 nitrogen and oxygen atoms in total. The fraction of sp³-hybridized carbons (Fsp3) is 0.154. The van der Waals surface area contributed by atoms with Crippen LogP contribution in [0.15, 0.2) is 48.6 Å². The van der Waals surface area contributed by atoms with Gasteiger partial charge in [0.15, 0.2) is 0 Å². The molecule has 0 radical (unpaired) electrons. The van der Waals surface area contributed by atoms with Gasteiger partial charge in [-0.1, -0.05) is 49.1 Å². The molecule has 0 aliphatic carbocycles. The van der Waals surface area contributed by atoms with E-state index in [0.29, 0.717) is 0 Å². The molecule has 0 saturated heterocycles. The third-order valence-electron chi connectivity index (χ3n) is 2.08. The third kappa shape index (κ3) is 3.37. The highest BCUT2D eigenvalue weighted by Gasteiger charge is 2.13. The number of carbonyl (C=O) groups excluding carboxylic acids is 1. The molecule has 0 heterocycles. The molecule has 1 unspecified atom stereocenters. The van der Waals surface area contributed by atoms with Crippen LogP contribution in [0.3, 0.4) is 0 Å². The predicted molar refractivity (Wildman–Crippen MR) is 62.6 cm³/mol. The molecular weight excluding hydrogens is 204 g/mol. The summed E-state index contributed by atoms with van der Waals surface area (Å²) in [6.45, 7) is 3.46. The second-order valence-electron chi connectivity index (χ2n) is 3.23. The molecule has 0 aromatic heterocycles. The van der Waals surface area contributed by atoms with Crippen LogP contribution in [0.4, 0.5) is 0 Å². The summed E-state index contributed by atoms with van der Waals surface area (Å²) in [5, 5.41) is 9.59. The fourth-order valence-electron chi connectivity index (χ4n) is 1.13. The largest absolute Gasteiger partial charge is 0.466 e. The molecule has 0 saturated carbocycles. The zero-order valence-electron chi connectivity index (χ0n) is 9.09. The lowest BCUT2D eigenvalue weighted by atomic mass is 10.1. The van der Waals surface area contributed by atoms with Gasteiger partial charge in [-0.3, -0.25) is 0 Å². The van der Waals surface area contributed by atoms with Crippen molar-refractivity contribution >= 4 is 12.0 Å². The highest BCUT2D eigenvalue weighted by atomic mass is 16.5. The van der Waals surface area contributed by atoms with Gasteiger partial charge in [0.25, 0.3) is 0 Å². The first-order valence-electron chi connectivity index (χ1n) is 4.83. The molecule has 3 heteroatoms. The monoisotopic (exact) mass is 218 g/mol. The molecule has 84 valence electrons. The Kier molecular flexibility index (Phi) is 4.48. The summed E-state index contributed by atoms with van der Waals surface area (Å²) in [6, 6.07) is 9.47. The maximum atomic E-state index is 11.0. The maximum Gasteiger partial charge on any atom is 0.336 e. The van der Waals surface area contributed by atoms with Crippen molar-refractivity contribution in [1.29, 1.82) is 0 Å². The Morgan fingerprint density at radius 2 is 2.06 bits per heavy atom. The van der Waals surface area contributed by atoms with Gasteiger partial charge >= 0.3 is 5.97 Å². The number of rotatable bonds is 4. The lowest BCUT2D eigenvalue weighted by molar-refractivity contribution is -0.136. The number of benzene rings is 1. The van der Waals surface area contributed by atoms with Crippen molar-refractivity contribution in [3.05, 3.63) is 54.1 Å². The topological polar surface area (TPSA) is 46.5 Å². The van der Waals surface area contributed by atoms with E-state index in [9.17, 15) is 9.90 Å². The number of methoxy groups -OCH3 is 1. The van der Waals surface area contributed by atoms with E-state index in [-0.39, 0.29) is 5.57 Å². The van der Waals surface area contributed by atoms with Gasteiger partial charge in [0.2, 0.25) is 0 Å². The van der Waals surface area contributed by atoms with Crippen molar-refractivity contribution in [3.8, 4) is 0 Å². The van der Waals surface area contributed by atoms with E-state index in [1.165, 1.54) is 13.2 Å². The molecule has 1 rings (SSSR count). The molecule has 16 heavy (non-hydrogen) atoms. The van der Waals surface area contributed by atoms with E-state index >= 15 is 0 Å². The van der Waals surface area contributed by atoms with E-state index in [1.807, 2.05) is 30.3 Å². The number of hydrogen-bond acceptors (Lipinski definition) is 3. The average molecular weight is 218 g/mol. The molecule has 0 aliphatic rings.